The number of ether oxygens (including phenoxy) is 1. The van der Waals surface area contributed by atoms with Gasteiger partial charge in [0.05, 0.1) is 2.74 Å². The Kier molecular flexibility index (Phi) is 3.03. The Bertz CT molecular complexity index is 1430. The lowest BCUT2D eigenvalue weighted by molar-refractivity contribution is 0.449. The Labute approximate surface area is 164 Å². The molecule has 0 spiro atoms. The van der Waals surface area contributed by atoms with Crippen molar-refractivity contribution in [2.24, 2.45) is 5.41 Å². The molecule has 0 radical (unpaired) electrons. The van der Waals surface area contributed by atoms with Crippen LogP contribution < -0.4 is 20.8 Å². The number of rotatable bonds is 1. The molecule has 0 bridgehead atoms. The maximum Gasteiger partial charge on any atom is 0.347 e. The van der Waals surface area contributed by atoms with Crippen LogP contribution in [0.25, 0.3) is 29.0 Å². The summed E-state index contributed by atoms with van der Waals surface area (Å²) in [5.74, 6) is 1.12. The summed E-state index contributed by atoms with van der Waals surface area (Å²) in [4.78, 5) is 16.9. The van der Waals surface area contributed by atoms with Crippen molar-refractivity contribution in [2.75, 3.05) is 0 Å². The van der Waals surface area contributed by atoms with E-state index >= 15 is 0 Å². The van der Waals surface area contributed by atoms with Crippen LogP contribution in [0.2, 0.25) is 0 Å². The van der Waals surface area contributed by atoms with Gasteiger partial charge < -0.3 is 9.15 Å². The molecule has 0 atom stereocenters. The fourth-order valence-corrected chi connectivity index (χ4v) is 3.60. The van der Waals surface area contributed by atoms with E-state index in [0.717, 1.165) is 16.4 Å². The molecule has 2 aromatic heterocycles. The molecular weight excluding hydrogens is 350 g/mol. The third-order valence-electron chi connectivity index (χ3n) is 5.46. The lowest BCUT2D eigenvalue weighted by Crippen LogP contribution is -2.37. The maximum atomic E-state index is 12.8. The van der Waals surface area contributed by atoms with E-state index < -0.39 is 11.0 Å². The number of fused-ring (bicyclic) bond motifs is 4. The Balaban J connectivity index is 1.83. The molecule has 1 aromatic carbocycles. The lowest BCUT2D eigenvalue weighted by Gasteiger charge is -2.27. The van der Waals surface area contributed by atoms with Gasteiger partial charge in [-0.25, -0.2) is 4.79 Å². The number of aromatic nitrogens is 1. The Morgan fingerprint density at radius 3 is 2.86 bits per heavy atom. The number of nitrogens with zero attached hydrogens (tertiary/aromatic N) is 1. The van der Waals surface area contributed by atoms with Gasteiger partial charge in [0.25, 0.3) is 0 Å². The van der Waals surface area contributed by atoms with Gasteiger partial charge in [0, 0.05) is 34.7 Å². The van der Waals surface area contributed by atoms with Gasteiger partial charge in [-0.2, -0.15) is 0 Å². The molecule has 3 heterocycles. The quantitative estimate of drug-likeness (QED) is 0.510. The van der Waals surface area contributed by atoms with Crippen LogP contribution in [0.4, 0.5) is 0 Å². The number of allylic oxidation sites excluding steroid dienone is 1. The molecule has 138 valence electrons. The highest BCUT2D eigenvalue weighted by Crippen LogP contribution is 2.33. The van der Waals surface area contributed by atoms with E-state index in [0.29, 0.717) is 39.7 Å². The summed E-state index contributed by atoms with van der Waals surface area (Å²) < 4.78 is 28.5. The summed E-state index contributed by atoms with van der Waals surface area (Å²) in [5, 5.41) is 1.59. The van der Waals surface area contributed by atoms with Crippen molar-refractivity contribution >= 4 is 17.7 Å². The molecule has 0 amide bonds. The zero-order valence-electron chi connectivity index (χ0n) is 17.8. The van der Waals surface area contributed by atoms with Crippen LogP contribution in [0.1, 0.15) is 34.6 Å². The smallest absolute Gasteiger partial charge is 0.347 e. The van der Waals surface area contributed by atoms with Crippen LogP contribution in [-0.4, -0.2) is 4.98 Å². The summed E-state index contributed by atoms with van der Waals surface area (Å²) >= 11 is 0. The summed E-state index contributed by atoms with van der Waals surface area (Å²) in [6.07, 6.45) is 6.79. The first kappa shape index (κ1) is 14.6. The Hall–Kier alpha value is -3.40. The second-order valence-corrected chi connectivity index (χ2v) is 7.56. The van der Waals surface area contributed by atoms with E-state index in [4.69, 9.17) is 11.9 Å². The first-order chi connectivity index (χ1) is 14.3. The topological polar surface area (TPSA) is 52.3 Å². The molecule has 1 aliphatic carbocycles. The van der Waals surface area contributed by atoms with Crippen molar-refractivity contribution in [3.05, 3.63) is 80.7 Å². The van der Waals surface area contributed by atoms with Gasteiger partial charge in [-0.15, -0.1) is 0 Å². The van der Waals surface area contributed by atoms with Crippen molar-refractivity contribution < 1.29 is 11.9 Å². The fourth-order valence-electron chi connectivity index (χ4n) is 3.60. The van der Waals surface area contributed by atoms with Gasteiger partial charge in [0.1, 0.15) is 22.8 Å². The number of hydrogen-bond acceptors (Lipinski definition) is 4. The molecule has 0 saturated heterocycles. The van der Waals surface area contributed by atoms with E-state index in [1.807, 2.05) is 20.8 Å². The van der Waals surface area contributed by atoms with Crippen LogP contribution in [0.15, 0.2) is 58.0 Å². The van der Waals surface area contributed by atoms with Crippen molar-refractivity contribution in [2.45, 2.75) is 20.8 Å². The Morgan fingerprint density at radius 1 is 1.21 bits per heavy atom. The summed E-state index contributed by atoms with van der Waals surface area (Å²) in [6, 6.07) is 7.64. The lowest BCUT2D eigenvalue weighted by atomic mass is 9.78. The monoisotopic (exact) mass is 371 g/mol. The SMILES string of the molecule is [2H]C1=Cc2cc([2H])c3c(c2=C(C)C1(C)C)=Cc1c(cc(-c2cccnc2)oc1=O)O3. The van der Waals surface area contributed by atoms with Crippen molar-refractivity contribution in [3.63, 3.8) is 0 Å². The predicted octanol–water partition coefficient (Wildman–Crippen LogP) is 3.86. The highest BCUT2D eigenvalue weighted by atomic mass is 16.5. The van der Waals surface area contributed by atoms with Crippen molar-refractivity contribution in [1.82, 2.24) is 4.98 Å². The van der Waals surface area contributed by atoms with E-state index in [2.05, 4.69) is 4.98 Å². The maximum absolute atomic E-state index is 12.8. The van der Waals surface area contributed by atoms with Crippen LogP contribution in [-0.2, 0) is 0 Å². The zero-order chi connectivity index (χ0) is 21.2. The molecule has 0 fully saturated rings. The van der Waals surface area contributed by atoms with Gasteiger partial charge in [-0.1, -0.05) is 37.6 Å². The van der Waals surface area contributed by atoms with Gasteiger partial charge in [0.15, 0.2) is 0 Å². The van der Waals surface area contributed by atoms with E-state index in [-0.39, 0.29) is 6.04 Å². The number of pyridine rings is 1. The largest absolute Gasteiger partial charge is 0.456 e. The first-order valence-corrected chi connectivity index (χ1v) is 9.09. The molecule has 5 rings (SSSR count). The molecule has 2 aliphatic rings. The summed E-state index contributed by atoms with van der Waals surface area (Å²) in [7, 11) is 0. The highest BCUT2D eigenvalue weighted by Gasteiger charge is 2.24. The number of hydrogen-bond donors (Lipinski definition) is 0. The van der Waals surface area contributed by atoms with E-state index in [1.54, 1.807) is 48.8 Å². The Morgan fingerprint density at radius 2 is 2.07 bits per heavy atom. The fraction of sp³-hybridized carbons (Fsp3) is 0.167. The molecule has 28 heavy (non-hydrogen) atoms. The van der Waals surface area contributed by atoms with Crippen molar-refractivity contribution in [3.8, 4) is 22.8 Å². The molecule has 4 nitrogen and oxygen atoms in total. The van der Waals surface area contributed by atoms with Crippen LogP contribution >= 0.6 is 0 Å². The van der Waals surface area contributed by atoms with E-state index in [9.17, 15) is 4.79 Å². The molecule has 1 aliphatic heterocycles. The minimum atomic E-state index is -0.509. The molecular formula is C24H19NO3. The van der Waals surface area contributed by atoms with Crippen LogP contribution in [0.3, 0.4) is 0 Å². The molecule has 0 saturated carbocycles. The zero-order valence-corrected chi connectivity index (χ0v) is 15.8. The first-order valence-electron chi connectivity index (χ1n) is 10.1. The van der Waals surface area contributed by atoms with Crippen molar-refractivity contribution in [1.29, 1.82) is 0 Å². The molecule has 0 unspecified atom stereocenters. The second kappa shape index (κ2) is 5.80. The van der Waals surface area contributed by atoms with Gasteiger partial charge >= 0.3 is 5.63 Å². The van der Waals surface area contributed by atoms with Gasteiger partial charge in [0.2, 0.25) is 0 Å². The van der Waals surface area contributed by atoms with E-state index in [1.165, 1.54) is 0 Å². The third-order valence-corrected chi connectivity index (χ3v) is 5.46. The standard InChI is InChI=1S/C24H19NO3/c1-14-22-15(8-9-24(14,2)3)6-7-19-17(22)11-18-21(27-19)12-20(28-23(18)26)16-5-4-10-25-13-16/h4-13H,1-3H3/i7D,9D. The minimum absolute atomic E-state index is 0.207. The summed E-state index contributed by atoms with van der Waals surface area (Å²) in [6.45, 7) is 5.98. The predicted molar refractivity (Wildman–Crippen MR) is 109 cm³/mol. The van der Waals surface area contributed by atoms with Gasteiger partial charge in [-0.3, -0.25) is 4.98 Å². The normalized spacial score (nSPS) is 17.1. The van der Waals surface area contributed by atoms with Crippen LogP contribution in [0.5, 0.6) is 11.5 Å². The average Bonchev–Trinajstić information content (AvgIpc) is 2.72. The molecule has 0 N–H and O–H groups in total. The highest BCUT2D eigenvalue weighted by molar-refractivity contribution is 5.72. The average molecular weight is 371 g/mol. The van der Waals surface area contributed by atoms with Crippen LogP contribution in [0, 0.1) is 5.41 Å². The minimum Gasteiger partial charge on any atom is -0.456 e. The molecule has 4 heteroatoms. The summed E-state index contributed by atoms with van der Waals surface area (Å²) in [5.41, 5.74) is 1.82. The molecule has 3 aromatic rings. The van der Waals surface area contributed by atoms with Gasteiger partial charge in [-0.05, 0) is 42.0 Å². The second-order valence-electron chi connectivity index (χ2n) is 7.56. The third kappa shape index (κ3) is 2.45. The number of benzene rings is 1.